The van der Waals surface area contributed by atoms with Crippen molar-refractivity contribution in [3.8, 4) is 0 Å². The number of carboxylic acid groups (broad SMARTS) is 1. The van der Waals surface area contributed by atoms with E-state index in [1.807, 2.05) is 19.1 Å². The van der Waals surface area contributed by atoms with Gasteiger partial charge < -0.3 is 10.4 Å². The molecule has 0 spiro atoms. The Hall–Kier alpha value is -1.84. The number of rotatable bonds is 4. The van der Waals surface area contributed by atoms with Crippen molar-refractivity contribution in [2.75, 3.05) is 6.54 Å². The molecule has 15 heavy (non-hydrogen) atoms. The van der Waals surface area contributed by atoms with Gasteiger partial charge in [0.1, 0.15) is 6.54 Å². The van der Waals surface area contributed by atoms with Gasteiger partial charge in [0, 0.05) is 5.56 Å². The van der Waals surface area contributed by atoms with Crippen LogP contribution in [0.1, 0.15) is 22.8 Å². The Bertz CT molecular complexity index is 374. The van der Waals surface area contributed by atoms with Gasteiger partial charge >= 0.3 is 5.97 Å². The number of carbonyl (C=O) groups excluding carboxylic acids is 1. The van der Waals surface area contributed by atoms with Crippen LogP contribution in [0.4, 0.5) is 0 Å². The first kappa shape index (κ1) is 11.2. The molecule has 1 amide bonds. The topological polar surface area (TPSA) is 66.4 Å². The molecule has 4 heteroatoms. The smallest absolute Gasteiger partial charge is 0.322 e. The van der Waals surface area contributed by atoms with Crippen LogP contribution in [0.5, 0.6) is 0 Å². The number of benzene rings is 1. The Morgan fingerprint density at radius 2 is 2.00 bits per heavy atom. The van der Waals surface area contributed by atoms with E-state index >= 15 is 0 Å². The van der Waals surface area contributed by atoms with Crippen LogP contribution in [0.3, 0.4) is 0 Å². The highest BCUT2D eigenvalue weighted by molar-refractivity contribution is 5.97. The van der Waals surface area contributed by atoms with E-state index in [1.165, 1.54) is 0 Å². The monoisotopic (exact) mass is 207 g/mol. The minimum absolute atomic E-state index is 0.338. The summed E-state index contributed by atoms with van der Waals surface area (Å²) in [5, 5.41) is 10.8. The van der Waals surface area contributed by atoms with Crippen LogP contribution in [-0.2, 0) is 11.2 Å². The zero-order valence-corrected chi connectivity index (χ0v) is 8.49. The molecule has 0 bridgehead atoms. The third-order valence-corrected chi connectivity index (χ3v) is 2.04. The van der Waals surface area contributed by atoms with Crippen molar-refractivity contribution in [1.82, 2.24) is 5.32 Å². The second-order valence-corrected chi connectivity index (χ2v) is 3.09. The number of nitrogens with one attached hydrogen (secondary N) is 1. The largest absolute Gasteiger partial charge is 0.480 e. The fourth-order valence-electron chi connectivity index (χ4n) is 1.30. The standard InChI is InChI=1S/C11H13NO3/c1-2-8-5-3-4-6-9(8)11(15)12-7-10(13)14/h3-6H,2,7H2,1H3,(H,12,15)(H,13,14). The first-order chi connectivity index (χ1) is 7.15. The van der Waals surface area contributed by atoms with Gasteiger partial charge in [0.15, 0.2) is 0 Å². The number of hydrogen-bond acceptors (Lipinski definition) is 2. The van der Waals surface area contributed by atoms with Gasteiger partial charge in [-0.3, -0.25) is 9.59 Å². The van der Waals surface area contributed by atoms with Crippen molar-refractivity contribution in [3.05, 3.63) is 35.4 Å². The molecule has 4 nitrogen and oxygen atoms in total. The van der Waals surface area contributed by atoms with Crippen LogP contribution in [-0.4, -0.2) is 23.5 Å². The third kappa shape index (κ3) is 3.09. The van der Waals surface area contributed by atoms with Crippen molar-refractivity contribution in [3.63, 3.8) is 0 Å². The first-order valence-electron chi connectivity index (χ1n) is 4.73. The van der Waals surface area contributed by atoms with Crippen molar-refractivity contribution in [2.24, 2.45) is 0 Å². The van der Waals surface area contributed by atoms with Gasteiger partial charge in [-0.2, -0.15) is 0 Å². The van der Waals surface area contributed by atoms with E-state index in [4.69, 9.17) is 5.11 Å². The van der Waals surface area contributed by atoms with Crippen LogP contribution in [0, 0.1) is 0 Å². The summed E-state index contributed by atoms with van der Waals surface area (Å²) in [5.41, 5.74) is 1.46. The zero-order chi connectivity index (χ0) is 11.3. The molecule has 0 fully saturated rings. The number of aliphatic carboxylic acids is 1. The predicted molar refractivity (Wildman–Crippen MR) is 55.8 cm³/mol. The van der Waals surface area contributed by atoms with Crippen LogP contribution < -0.4 is 5.32 Å². The molecule has 0 saturated carbocycles. The Morgan fingerprint density at radius 3 is 2.60 bits per heavy atom. The van der Waals surface area contributed by atoms with Gasteiger partial charge in [0.2, 0.25) is 0 Å². The van der Waals surface area contributed by atoms with E-state index in [1.54, 1.807) is 12.1 Å². The number of hydrogen-bond donors (Lipinski definition) is 2. The highest BCUT2D eigenvalue weighted by atomic mass is 16.4. The van der Waals surface area contributed by atoms with Gasteiger partial charge in [-0.05, 0) is 18.1 Å². The summed E-state index contributed by atoms with van der Waals surface area (Å²) in [6.07, 6.45) is 0.747. The fourth-order valence-corrected chi connectivity index (χ4v) is 1.30. The van der Waals surface area contributed by atoms with Crippen LogP contribution in [0.2, 0.25) is 0 Å². The highest BCUT2D eigenvalue weighted by Gasteiger charge is 2.09. The molecule has 80 valence electrons. The maximum Gasteiger partial charge on any atom is 0.322 e. The number of carboxylic acids is 1. The summed E-state index contributed by atoms with van der Waals surface area (Å²) < 4.78 is 0. The quantitative estimate of drug-likeness (QED) is 0.775. The molecule has 1 aromatic rings. The average Bonchev–Trinajstić information content (AvgIpc) is 2.25. The lowest BCUT2D eigenvalue weighted by atomic mass is 10.0. The highest BCUT2D eigenvalue weighted by Crippen LogP contribution is 2.08. The lowest BCUT2D eigenvalue weighted by Crippen LogP contribution is -2.29. The molecule has 0 atom stereocenters. The Labute approximate surface area is 87.9 Å². The van der Waals surface area contributed by atoms with Gasteiger partial charge in [0.25, 0.3) is 5.91 Å². The summed E-state index contributed by atoms with van der Waals surface area (Å²) in [4.78, 5) is 21.8. The Kier molecular flexibility index (Phi) is 3.85. The van der Waals surface area contributed by atoms with E-state index in [0.29, 0.717) is 5.56 Å². The SMILES string of the molecule is CCc1ccccc1C(=O)NCC(=O)O. The summed E-state index contributed by atoms with van der Waals surface area (Å²) in [6, 6.07) is 7.16. The number of aryl methyl sites for hydroxylation is 1. The van der Waals surface area contributed by atoms with E-state index in [9.17, 15) is 9.59 Å². The molecule has 0 saturated heterocycles. The van der Waals surface area contributed by atoms with Gasteiger partial charge in [-0.1, -0.05) is 25.1 Å². The molecular weight excluding hydrogens is 194 g/mol. The second kappa shape index (κ2) is 5.14. The molecule has 0 heterocycles. The molecule has 1 aromatic carbocycles. The first-order valence-corrected chi connectivity index (χ1v) is 4.73. The van der Waals surface area contributed by atoms with Crippen LogP contribution in [0.15, 0.2) is 24.3 Å². The zero-order valence-electron chi connectivity index (χ0n) is 8.49. The Balaban J connectivity index is 2.77. The van der Waals surface area contributed by atoms with Crippen molar-refractivity contribution >= 4 is 11.9 Å². The lowest BCUT2D eigenvalue weighted by Gasteiger charge is -2.06. The molecule has 2 N–H and O–H groups in total. The Morgan fingerprint density at radius 1 is 1.33 bits per heavy atom. The predicted octanol–water partition coefficient (Wildman–Crippen LogP) is 1.06. The molecule has 0 unspecified atom stereocenters. The second-order valence-electron chi connectivity index (χ2n) is 3.09. The van der Waals surface area contributed by atoms with Gasteiger partial charge in [0.05, 0.1) is 0 Å². The maximum absolute atomic E-state index is 11.6. The maximum atomic E-state index is 11.6. The van der Waals surface area contributed by atoms with Crippen molar-refractivity contribution in [1.29, 1.82) is 0 Å². The molecule has 0 aliphatic heterocycles. The molecule has 0 aliphatic carbocycles. The average molecular weight is 207 g/mol. The molecule has 0 radical (unpaired) electrons. The number of amides is 1. The summed E-state index contributed by atoms with van der Waals surface area (Å²) in [5.74, 6) is -1.38. The molecule has 1 rings (SSSR count). The lowest BCUT2D eigenvalue weighted by molar-refractivity contribution is -0.135. The number of carbonyl (C=O) groups is 2. The van der Waals surface area contributed by atoms with Crippen molar-refractivity contribution in [2.45, 2.75) is 13.3 Å². The summed E-state index contributed by atoms with van der Waals surface area (Å²) >= 11 is 0. The fraction of sp³-hybridized carbons (Fsp3) is 0.273. The molecular formula is C11H13NO3. The van der Waals surface area contributed by atoms with Crippen molar-refractivity contribution < 1.29 is 14.7 Å². The normalized spacial score (nSPS) is 9.67. The van der Waals surface area contributed by atoms with Gasteiger partial charge in [-0.15, -0.1) is 0 Å². The molecule has 0 aliphatic rings. The van der Waals surface area contributed by atoms with Crippen LogP contribution in [0.25, 0.3) is 0 Å². The summed E-state index contributed by atoms with van der Waals surface area (Å²) in [7, 11) is 0. The van der Waals surface area contributed by atoms with E-state index in [-0.39, 0.29) is 12.5 Å². The summed E-state index contributed by atoms with van der Waals surface area (Å²) in [6.45, 7) is 1.60. The minimum Gasteiger partial charge on any atom is -0.480 e. The van der Waals surface area contributed by atoms with Gasteiger partial charge in [-0.25, -0.2) is 0 Å². The third-order valence-electron chi connectivity index (χ3n) is 2.04. The molecule has 0 aromatic heterocycles. The minimum atomic E-state index is -1.04. The van der Waals surface area contributed by atoms with E-state index in [2.05, 4.69) is 5.32 Å². The van der Waals surface area contributed by atoms with E-state index in [0.717, 1.165) is 12.0 Å². The van der Waals surface area contributed by atoms with E-state index < -0.39 is 5.97 Å². The van der Waals surface area contributed by atoms with Crippen LogP contribution >= 0.6 is 0 Å².